The second-order valence-electron chi connectivity index (χ2n) is 7.75. The van der Waals surface area contributed by atoms with Crippen molar-refractivity contribution in [1.29, 1.82) is 0 Å². The molecule has 0 bridgehead atoms. The van der Waals surface area contributed by atoms with Gasteiger partial charge >= 0.3 is 0 Å². The lowest BCUT2D eigenvalue weighted by Gasteiger charge is -2.21. The summed E-state index contributed by atoms with van der Waals surface area (Å²) < 4.78 is 5.59. The summed E-state index contributed by atoms with van der Waals surface area (Å²) in [6, 6.07) is 7.16. The van der Waals surface area contributed by atoms with Crippen LogP contribution in [0.5, 0.6) is 0 Å². The highest BCUT2D eigenvalue weighted by molar-refractivity contribution is 5.91. The summed E-state index contributed by atoms with van der Waals surface area (Å²) in [4.78, 5) is 21.0. The molecule has 0 saturated heterocycles. The number of oxazole rings is 1. The first-order chi connectivity index (χ1) is 12.9. The number of aromatic nitrogens is 1. The van der Waals surface area contributed by atoms with Crippen LogP contribution in [0, 0.1) is 13.8 Å². The van der Waals surface area contributed by atoms with E-state index < -0.39 is 0 Å². The maximum absolute atomic E-state index is 12.2. The number of benzene rings is 1. The molecule has 1 aromatic carbocycles. The topological polar surface area (TPSA) is 61.6 Å². The third-order valence-corrected chi connectivity index (χ3v) is 4.91. The van der Waals surface area contributed by atoms with Crippen molar-refractivity contribution >= 4 is 5.91 Å². The molecule has 146 valence electrons. The minimum absolute atomic E-state index is 0.181. The number of aryl methyl sites for hydroxylation is 2. The van der Waals surface area contributed by atoms with Crippen LogP contribution in [0.3, 0.4) is 0 Å². The zero-order valence-corrected chi connectivity index (χ0v) is 16.8. The molecular formula is C21H30N4O2. The fourth-order valence-electron chi connectivity index (χ4n) is 3.09. The van der Waals surface area contributed by atoms with Crippen molar-refractivity contribution in [3.63, 3.8) is 0 Å². The van der Waals surface area contributed by atoms with E-state index in [1.165, 1.54) is 35.8 Å². The third kappa shape index (κ3) is 5.65. The number of hydrogen-bond acceptors (Lipinski definition) is 5. The molecule has 1 aliphatic rings. The van der Waals surface area contributed by atoms with Crippen LogP contribution in [-0.2, 0) is 13.1 Å². The Balaban J connectivity index is 1.61. The molecule has 1 aromatic heterocycles. The molecule has 6 heteroatoms. The molecule has 0 unspecified atom stereocenters. The predicted molar refractivity (Wildman–Crippen MR) is 106 cm³/mol. The number of nitrogens with one attached hydrogen (secondary N) is 1. The van der Waals surface area contributed by atoms with Gasteiger partial charge in [0.2, 0.25) is 5.89 Å². The Kier molecular flexibility index (Phi) is 6.29. The largest absolute Gasteiger partial charge is 0.447 e. The first kappa shape index (κ1) is 19.6. The van der Waals surface area contributed by atoms with Crippen molar-refractivity contribution in [2.24, 2.45) is 0 Å². The lowest BCUT2D eigenvalue weighted by Crippen LogP contribution is -2.31. The van der Waals surface area contributed by atoms with Gasteiger partial charge in [-0.05, 0) is 51.9 Å². The molecule has 1 fully saturated rings. The molecule has 6 nitrogen and oxygen atoms in total. The first-order valence-electron chi connectivity index (χ1n) is 9.60. The van der Waals surface area contributed by atoms with Gasteiger partial charge in [-0.25, -0.2) is 4.98 Å². The fraction of sp³-hybridized carbons (Fsp3) is 0.524. The van der Waals surface area contributed by atoms with Gasteiger partial charge in [0, 0.05) is 25.7 Å². The van der Waals surface area contributed by atoms with E-state index in [1.54, 1.807) is 0 Å². The van der Waals surface area contributed by atoms with E-state index in [9.17, 15) is 4.79 Å². The Hall–Kier alpha value is -2.18. The van der Waals surface area contributed by atoms with Gasteiger partial charge in [0.05, 0.1) is 6.54 Å². The first-order valence-corrected chi connectivity index (χ1v) is 9.60. The highest BCUT2D eigenvalue weighted by atomic mass is 16.3. The Morgan fingerprint density at radius 2 is 2.04 bits per heavy atom. The standard InChI is InChI=1S/C21H30N4O2/c1-15-5-6-16(2)17(11-15)12-25(18-7-8-18)13-20-23-19(14-27-20)21(26)22-9-10-24(3)4/h5-6,11,14,18H,7-10,12-13H2,1-4H3,(H,22,26). The molecule has 27 heavy (non-hydrogen) atoms. The number of nitrogens with zero attached hydrogens (tertiary/aromatic N) is 3. The van der Waals surface area contributed by atoms with Crippen molar-refractivity contribution in [3.8, 4) is 0 Å². The van der Waals surface area contributed by atoms with Gasteiger partial charge in [-0.2, -0.15) is 0 Å². The summed E-state index contributed by atoms with van der Waals surface area (Å²) in [6.07, 6.45) is 3.89. The van der Waals surface area contributed by atoms with Gasteiger partial charge in [0.25, 0.3) is 5.91 Å². The van der Waals surface area contributed by atoms with E-state index in [2.05, 4.69) is 47.2 Å². The summed E-state index contributed by atoms with van der Waals surface area (Å²) in [5, 5.41) is 2.87. The Morgan fingerprint density at radius 1 is 1.26 bits per heavy atom. The van der Waals surface area contributed by atoms with Crippen LogP contribution >= 0.6 is 0 Å². The summed E-state index contributed by atoms with van der Waals surface area (Å²) >= 11 is 0. The quantitative estimate of drug-likeness (QED) is 0.735. The fourth-order valence-corrected chi connectivity index (χ4v) is 3.09. The third-order valence-electron chi connectivity index (χ3n) is 4.91. The molecule has 0 atom stereocenters. The van der Waals surface area contributed by atoms with E-state index in [0.29, 0.717) is 30.7 Å². The SMILES string of the molecule is Cc1ccc(C)c(CN(Cc2nc(C(=O)NCCN(C)C)co2)C2CC2)c1. The highest BCUT2D eigenvalue weighted by Gasteiger charge is 2.30. The van der Waals surface area contributed by atoms with Crippen molar-refractivity contribution in [2.75, 3.05) is 27.2 Å². The minimum atomic E-state index is -0.181. The maximum atomic E-state index is 12.2. The summed E-state index contributed by atoms with van der Waals surface area (Å²) in [5.41, 5.74) is 4.28. The molecule has 1 N–H and O–H groups in total. The van der Waals surface area contributed by atoms with Crippen molar-refractivity contribution in [2.45, 2.75) is 45.8 Å². The van der Waals surface area contributed by atoms with Gasteiger partial charge in [-0.15, -0.1) is 0 Å². The smallest absolute Gasteiger partial charge is 0.273 e. The summed E-state index contributed by atoms with van der Waals surface area (Å²) in [7, 11) is 3.95. The van der Waals surface area contributed by atoms with E-state index >= 15 is 0 Å². The molecular weight excluding hydrogens is 340 g/mol. The van der Waals surface area contributed by atoms with Crippen molar-refractivity contribution in [1.82, 2.24) is 20.1 Å². The molecule has 1 heterocycles. The second kappa shape index (κ2) is 8.67. The minimum Gasteiger partial charge on any atom is -0.447 e. The average Bonchev–Trinajstić information content (AvgIpc) is 3.36. The van der Waals surface area contributed by atoms with Crippen LogP contribution in [-0.4, -0.2) is 53.9 Å². The monoisotopic (exact) mass is 370 g/mol. The van der Waals surface area contributed by atoms with Crippen LogP contribution in [0.25, 0.3) is 0 Å². The Labute approximate surface area is 161 Å². The van der Waals surface area contributed by atoms with Gasteiger partial charge in [-0.1, -0.05) is 23.8 Å². The molecule has 3 rings (SSSR count). The lowest BCUT2D eigenvalue weighted by molar-refractivity contribution is 0.0946. The normalized spacial score (nSPS) is 14.1. The highest BCUT2D eigenvalue weighted by Crippen LogP contribution is 2.30. The van der Waals surface area contributed by atoms with Crippen LogP contribution in [0.4, 0.5) is 0 Å². The summed E-state index contributed by atoms with van der Waals surface area (Å²) in [5.74, 6) is 0.421. The van der Waals surface area contributed by atoms with E-state index in [0.717, 1.165) is 13.1 Å². The van der Waals surface area contributed by atoms with Gasteiger partial charge in [-0.3, -0.25) is 9.69 Å². The van der Waals surface area contributed by atoms with Gasteiger partial charge < -0.3 is 14.6 Å². The predicted octanol–water partition coefficient (Wildman–Crippen LogP) is 2.75. The van der Waals surface area contributed by atoms with E-state index in [1.807, 2.05) is 19.0 Å². The number of carbonyl (C=O) groups is 1. The number of amides is 1. The van der Waals surface area contributed by atoms with Crippen LogP contribution in [0.2, 0.25) is 0 Å². The number of likely N-dealkylation sites (N-methyl/N-ethyl adjacent to an activating group) is 1. The molecule has 1 saturated carbocycles. The maximum Gasteiger partial charge on any atom is 0.273 e. The summed E-state index contributed by atoms with van der Waals surface area (Å²) in [6.45, 7) is 7.17. The second-order valence-corrected chi connectivity index (χ2v) is 7.75. The molecule has 0 radical (unpaired) electrons. The van der Waals surface area contributed by atoms with Crippen molar-refractivity contribution in [3.05, 3.63) is 52.7 Å². The zero-order chi connectivity index (χ0) is 19.4. The molecule has 2 aromatic rings. The average molecular weight is 370 g/mol. The van der Waals surface area contributed by atoms with Crippen molar-refractivity contribution < 1.29 is 9.21 Å². The van der Waals surface area contributed by atoms with E-state index in [-0.39, 0.29) is 5.91 Å². The number of carbonyl (C=O) groups excluding carboxylic acids is 1. The van der Waals surface area contributed by atoms with Crippen LogP contribution in [0.15, 0.2) is 28.9 Å². The van der Waals surface area contributed by atoms with Crippen LogP contribution < -0.4 is 5.32 Å². The molecule has 1 aliphatic carbocycles. The van der Waals surface area contributed by atoms with E-state index in [4.69, 9.17) is 4.42 Å². The number of hydrogen-bond donors (Lipinski definition) is 1. The van der Waals surface area contributed by atoms with Crippen LogP contribution in [0.1, 0.15) is 45.9 Å². The van der Waals surface area contributed by atoms with Gasteiger partial charge in [0.15, 0.2) is 5.69 Å². The lowest BCUT2D eigenvalue weighted by atomic mass is 10.1. The molecule has 0 spiro atoms. The molecule has 0 aliphatic heterocycles. The Morgan fingerprint density at radius 3 is 2.74 bits per heavy atom. The number of rotatable bonds is 9. The Bertz CT molecular complexity index is 780. The molecule has 1 amide bonds. The zero-order valence-electron chi connectivity index (χ0n) is 16.8. The van der Waals surface area contributed by atoms with Gasteiger partial charge in [0.1, 0.15) is 6.26 Å².